The van der Waals surface area contributed by atoms with Gasteiger partial charge in [0.2, 0.25) is 0 Å². The molecule has 0 fully saturated rings. The Morgan fingerprint density at radius 1 is 1.07 bits per heavy atom. The van der Waals surface area contributed by atoms with Crippen molar-refractivity contribution < 1.29 is 27.8 Å². The predicted octanol–water partition coefficient (Wildman–Crippen LogP) is 4.26. The zero-order valence-corrected chi connectivity index (χ0v) is 15.5. The number of para-hydroxylation sites is 1. The predicted molar refractivity (Wildman–Crippen MR) is 97.6 cm³/mol. The molecule has 0 aliphatic carbocycles. The Bertz CT molecular complexity index is 765. The quantitative estimate of drug-likeness (QED) is 0.707. The van der Waals surface area contributed by atoms with Gasteiger partial charge in [-0.15, -0.1) is 0 Å². The van der Waals surface area contributed by atoms with Crippen LogP contribution in [0.15, 0.2) is 42.5 Å². The molecule has 0 saturated carbocycles. The fraction of sp³-hybridized carbons (Fsp3) is 0.350. The maximum absolute atomic E-state index is 12.5. The second-order valence-electron chi connectivity index (χ2n) is 6.24. The van der Waals surface area contributed by atoms with Crippen molar-refractivity contribution in [3.63, 3.8) is 0 Å². The van der Waals surface area contributed by atoms with Gasteiger partial charge in [0.1, 0.15) is 5.75 Å². The maximum atomic E-state index is 12.5. The number of hydrogen-bond acceptors (Lipinski definition) is 4. The number of methoxy groups -OCH3 is 1. The van der Waals surface area contributed by atoms with Gasteiger partial charge in [-0.25, -0.2) is 0 Å². The van der Waals surface area contributed by atoms with Gasteiger partial charge in [0.15, 0.2) is 11.5 Å². The number of benzene rings is 2. The summed E-state index contributed by atoms with van der Waals surface area (Å²) in [5.74, 6) is 1.02. The van der Waals surface area contributed by atoms with Crippen molar-refractivity contribution in [1.82, 2.24) is 5.32 Å². The van der Waals surface area contributed by atoms with Crippen LogP contribution in [0.25, 0.3) is 0 Å². The highest BCUT2D eigenvalue weighted by atomic mass is 19.3. The molecule has 2 aromatic carbocycles. The Kier molecular flexibility index (Phi) is 7.40. The highest BCUT2D eigenvalue weighted by molar-refractivity contribution is 5.94. The van der Waals surface area contributed by atoms with Gasteiger partial charge in [0.05, 0.1) is 13.7 Å². The van der Waals surface area contributed by atoms with Gasteiger partial charge in [-0.2, -0.15) is 8.78 Å². The number of alkyl halides is 2. The molecule has 0 atom stereocenters. The van der Waals surface area contributed by atoms with Crippen molar-refractivity contribution in [2.75, 3.05) is 13.7 Å². The average molecular weight is 379 g/mol. The van der Waals surface area contributed by atoms with Crippen LogP contribution in [0.1, 0.15) is 29.8 Å². The van der Waals surface area contributed by atoms with E-state index in [0.29, 0.717) is 35.2 Å². The van der Waals surface area contributed by atoms with Crippen LogP contribution in [-0.2, 0) is 6.54 Å². The van der Waals surface area contributed by atoms with E-state index in [-0.39, 0.29) is 18.2 Å². The van der Waals surface area contributed by atoms with Gasteiger partial charge < -0.3 is 19.5 Å². The summed E-state index contributed by atoms with van der Waals surface area (Å²) < 4.78 is 40.3. The smallest absolute Gasteiger partial charge is 0.387 e. The molecule has 0 spiro atoms. The van der Waals surface area contributed by atoms with Gasteiger partial charge >= 0.3 is 6.61 Å². The minimum atomic E-state index is -2.93. The second kappa shape index (κ2) is 9.75. The van der Waals surface area contributed by atoms with Gasteiger partial charge in [-0.1, -0.05) is 32.0 Å². The first kappa shape index (κ1) is 20.5. The molecule has 146 valence electrons. The lowest BCUT2D eigenvalue weighted by Crippen LogP contribution is -2.23. The van der Waals surface area contributed by atoms with Gasteiger partial charge in [0, 0.05) is 17.7 Å². The van der Waals surface area contributed by atoms with Crippen molar-refractivity contribution in [3.05, 3.63) is 53.6 Å². The molecule has 27 heavy (non-hydrogen) atoms. The highest BCUT2D eigenvalue weighted by Crippen LogP contribution is 2.28. The van der Waals surface area contributed by atoms with E-state index in [9.17, 15) is 13.6 Å². The van der Waals surface area contributed by atoms with Crippen molar-refractivity contribution in [2.24, 2.45) is 5.92 Å². The van der Waals surface area contributed by atoms with Crippen LogP contribution in [-0.4, -0.2) is 26.2 Å². The first-order chi connectivity index (χ1) is 12.9. The molecule has 7 heteroatoms. The van der Waals surface area contributed by atoms with Crippen molar-refractivity contribution in [1.29, 1.82) is 0 Å². The normalized spacial score (nSPS) is 10.8. The van der Waals surface area contributed by atoms with Crippen LogP contribution in [0.3, 0.4) is 0 Å². The molecule has 0 heterocycles. The van der Waals surface area contributed by atoms with Crippen LogP contribution in [0.4, 0.5) is 8.78 Å². The summed E-state index contributed by atoms with van der Waals surface area (Å²) in [7, 11) is 1.50. The van der Waals surface area contributed by atoms with Gasteiger partial charge in [-0.05, 0) is 30.2 Å². The number of ether oxygens (including phenoxy) is 3. The highest BCUT2D eigenvalue weighted by Gasteiger charge is 2.13. The molecule has 0 aliphatic rings. The van der Waals surface area contributed by atoms with E-state index in [1.165, 1.54) is 13.2 Å². The molecule has 5 nitrogen and oxygen atoms in total. The van der Waals surface area contributed by atoms with Crippen molar-refractivity contribution in [2.45, 2.75) is 27.0 Å². The summed E-state index contributed by atoms with van der Waals surface area (Å²) in [6.07, 6.45) is 0. The van der Waals surface area contributed by atoms with Gasteiger partial charge in [-0.3, -0.25) is 4.79 Å². The van der Waals surface area contributed by atoms with E-state index in [1.54, 1.807) is 36.4 Å². The Hall–Kier alpha value is -2.83. The van der Waals surface area contributed by atoms with Crippen molar-refractivity contribution >= 4 is 5.91 Å². The van der Waals surface area contributed by atoms with Crippen LogP contribution >= 0.6 is 0 Å². The summed E-state index contributed by atoms with van der Waals surface area (Å²) in [6, 6.07) is 11.2. The number of nitrogens with one attached hydrogen (secondary N) is 1. The Labute approximate surface area is 157 Å². The molecule has 2 rings (SSSR count). The number of carbonyl (C=O) groups is 1. The van der Waals surface area contributed by atoms with Crippen LogP contribution < -0.4 is 19.5 Å². The standard InChI is InChI=1S/C20H23F2NO4/c1-13(2)12-26-17-9-8-14(10-18(17)25-3)19(24)23-11-15-6-4-5-7-16(15)27-20(21)22/h4-10,13,20H,11-12H2,1-3H3,(H,23,24). The Balaban J connectivity index is 2.06. The largest absolute Gasteiger partial charge is 0.493 e. The molecule has 0 saturated heterocycles. The fourth-order valence-corrected chi connectivity index (χ4v) is 2.32. The zero-order valence-electron chi connectivity index (χ0n) is 15.5. The lowest BCUT2D eigenvalue weighted by atomic mass is 10.1. The van der Waals surface area contributed by atoms with Gasteiger partial charge in [0.25, 0.3) is 5.91 Å². The number of amides is 1. The van der Waals surface area contributed by atoms with Crippen LogP contribution in [0, 0.1) is 5.92 Å². The van der Waals surface area contributed by atoms with Crippen LogP contribution in [0.2, 0.25) is 0 Å². The Morgan fingerprint density at radius 2 is 1.81 bits per heavy atom. The van der Waals surface area contributed by atoms with E-state index in [1.807, 2.05) is 13.8 Å². The third kappa shape index (κ3) is 6.13. The second-order valence-corrected chi connectivity index (χ2v) is 6.24. The monoisotopic (exact) mass is 379 g/mol. The number of halogens is 2. The van der Waals surface area contributed by atoms with Crippen LogP contribution in [0.5, 0.6) is 17.2 Å². The van der Waals surface area contributed by atoms with E-state index in [2.05, 4.69) is 10.1 Å². The summed E-state index contributed by atoms with van der Waals surface area (Å²) in [4.78, 5) is 12.4. The lowest BCUT2D eigenvalue weighted by molar-refractivity contribution is -0.0504. The minimum Gasteiger partial charge on any atom is -0.493 e. The van der Waals surface area contributed by atoms with E-state index < -0.39 is 6.61 Å². The molecule has 0 bridgehead atoms. The number of rotatable bonds is 9. The molecule has 2 aromatic rings. The average Bonchev–Trinajstić information content (AvgIpc) is 2.64. The summed E-state index contributed by atoms with van der Waals surface area (Å²) >= 11 is 0. The molecular formula is C20H23F2NO4. The molecule has 0 aliphatic heterocycles. The van der Waals surface area contributed by atoms with E-state index in [0.717, 1.165) is 0 Å². The summed E-state index contributed by atoms with van der Waals surface area (Å²) in [5, 5.41) is 2.69. The SMILES string of the molecule is COc1cc(C(=O)NCc2ccccc2OC(F)F)ccc1OCC(C)C. The van der Waals surface area contributed by atoms with E-state index >= 15 is 0 Å². The first-order valence-corrected chi connectivity index (χ1v) is 8.52. The third-order valence-electron chi connectivity index (χ3n) is 3.63. The molecule has 0 unspecified atom stereocenters. The van der Waals surface area contributed by atoms with E-state index in [4.69, 9.17) is 9.47 Å². The molecular weight excluding hydrogens is 356 g/mol. The third-order valence-corrected chi connectivity index (χ3v) is 3.63. The number of hydrogen-bond donors (Lipinski definition) is 1. The maximum Gasteiger partial charge on any atom is 0.387 e. The lowest BCUT2D eigenvalue weighted by Gasteiger charge is -2.14. The summed E-state index contributed by atoms with van der Waals surface area (Å²) in [6.45, 7) is 1.72. The molecule has 1 N–H and O–H groups in total. The first-order valence-electron chi connectivity index (χ1n) is 8.52. The number of carbonyl (C=O) groups excluding carboxylic acids is 1. The topological polar surface area (TPSA) is 56.8 Å². The molecule has 1 amide bonds. The zero-order chi connectivity index (χ0) is 19.8. The molecule has 0 radical (unpaired) electrons. The minimum absolute atomic E-state index is 0.0304. The summed E-state index contributed by atoms with van der Waals surface area (Å²) in [5.41, 5.74) is 0.825. The molecule has 0 aromatic heterocycles. The van der Waals surface area contributed by atoms with Crippen molar-refractivity contribution in [3.8, 4) is 17.2 Å². The fourth-order valence-electron chi connectivity index (χ4n) is 2.32. The Morgan fingerprint density at radius 3 is 2.48 bits per heavy atom.